The molecular weight excluding hydrogens is 463 g/mol. The minimum Gasteiger partial charge on any atom is -1.00 e. The Morgan fingerprint density at radius 1 is 0.920 bits per heavy atom. The van der Waals surface area contributed by atoms with E-state index in [2.05, 4.69) is 67.7 Å². The lowest BCUT2D eigenvalue weighted by Gasteiger charge is -2.03. The van der Waals surface area contributed by atoms with Gasteiger partial charge in [0.25, 0.3) is 5.82 Å². The van der Waals surface area contributed by atoms with Crippen molar-refractivity contribution in [1.29, 1.82) is 0 Å². The summed E-state index contributed by atoms with van der Waals surface area (Å²) in [5.74, 6) is 1.38. The third-order valence-corrected chi connectivity index (χ3v) is 5.44. The monoisotopic (exact) mass is 480 g/mol. The summed E-state index contributed by atoms with van der Waals surface area (Å²) in [4.78, 5) is 0. The van der Waals surface area contributed by atoms with E-state index in [9.17, 15) is 0 Å². The summed E-state index contributed by atoms with van der Waals surface area (Å²) in [6.07, 6.45) is 7.16. The Kier molecular flexibility index (Phi) is 6.03. The topological polar surface area (TPSA) is 8.81 Å². The molecule has 0 amide bonds. The van der Waals surface area contributed by atoms with Gasteiger partial charge in [-0.2, -0.15) is 4.57 Å². The second-order valence-corrected chi connectivity index (χ2v) is 7.60. The van der Waals surface area contributed by atoms with Gasteiger partial charge in [-0.3, -0.25) is 0 Å². The zero-order valence-corrected chi connectivity index (χ0v) is 17.7. The van der Waals surface area contributed by atoms with Gasteiger partial charge in [-0.25, -0.2) is 4.57 Å². The highest BCUT2D eigenvalue weighted by molar-refractivity contribution is 9.10. The predicted octanol–water partition coefficient (Wildman–Crippen LogP) is 2.58. The number of aromatic nitrogens is 2. The molecule has 0 saturated carbocycles. The zero-order valence-electron chi connectivity index (χ0n) is 13.8. The number of fused-ring (bicyclic) bond motifs is 1. The zero-order chi connectivity index (χ0) is 16.5. The Labute approximate surface area is 172 Å². The molecule has 0 radical (unpaired) electrons. The highest BCUT2D eigenvalue weighted by Crippen LogP contribution is 2.25. The van der Waals surface area contributed by atoms with Crippen molar-refractivity contribution in [3.63, 3.8) is 0 Å². The molecule has 2 aromatic carbocycles. The Hall–Kier alpha value is -1.10. The maximum atomic E-state index is 6.07. The van der Waals surface area contributed by atoms with Crippen LogP contribution in [0.3, 0.4) is 0 Å². The van der Waals surface area contributed by atoms with E-state index in [4.69, 9.17) is 11.6 Å². The number of hydrogen-bond donors (Lipinski definition) is 0. The lowest BCUT2D eigenvalue weighted by atomic mass is 10.1. The van der Waals surface area contributed by atoms with Crippen molar-refractivity contribution >= 4 is 27.5 Å². The first kappa shape index (κ1) is 18.7. The van der Waals surface area contributed by atoms with Crippen LogP contribution in [-0.2, 0) is 13.0 Å². The van der Waals surface area contributed by atoms with E-state index < -0.39 is 0 Å². The summed E-state index contributed by atoms with van der Waals surface area (Å²) >= 11 is 9.60. The highest BCUT2D eigenvalue weighted by atomic mass is 79.9. The van der Waals surface area contributed by atoms with E-state index in [0.29, 0.717) is 0 Å². The molecule has 1 aliphatic rings. The average Bonchev–Trinajstić information content (AvgIpc) is 2.78. The lowest BCUT2D eigenvalue weighted by Crippen LogP contribution is -3.00. The van der Waals surface area contributed by atoms with Crippen molar-refractivity contribution in [2.45, 2.75) is 32.2 Å². The van der Waals surface area contributed by atoms with Crippen LogP contribution in [0.15, 0.2) is 59.2 Å². The molecule has 2 nitrogen and oxygen atoms in total. The fourth-order valence-corrected chi connectivity index (χ4v) is 3.84. The smallest absolute Gasteiger partial charge is 0.262 e. The summed E-state index contributed by atoms with van der Waals surface area (Å²) in [7, 11) is 0. The molecule has 0 fully saturated rings. The second kappa shape index (κ2) is 8.07. The van der Waals surface area contributed by atoms with Crippen LogP contribution in [0.2, 0.25) is 5.02 Å². The lowest BCUT2D eigenvalue weighted by molar-refractivity contribution is -0.692. The Morgan fingerprint density at radius 2 is 1.64 bits per heavy atom. The fraction of sp³-hybridized carbons (Fsp3) is 0.250. The number of nitrogens with zero attached hydrogens (tertiary/aromatic N) is 2. The first-order valence-corrected chi connectivity index (χ1v) is 9.55. The van der Waals surface area contributed by atoms with Crippen molar-refractivity contribution in [1.82, 2.24) is 4.57 Å². The molecule has 0 spiro atoms. The third kappa shape index (κ3) is 3.86. The van der Waals surface area contributed by atoms with E-state index in [1.165, 1.54) is 42.0 Å². The summed E-state index contributed by atoms with van der Waals surface area (Å²) in [6, 6.07) is 16.7. The molecule has 2 heterocycles. The molecule has 0 bridgehead atoms. The molecule has 0 unspecified atom stereocenters. The highest BCUT2D eigenvalue weighted by Gasteiger charge is 2.26. The maximum Gasteiger partial charge on any atom is 0.262 e. The Balaban J connectivity index is 0.00000182. The summed E-state index contributed by atoms with van der Waals surface area (Å²) in [5, 5.41) is 0.776. The second-order valence-electron chi connectivity index (χ2n) is 6.25. The van der Waals surface area contributed by atoms with Gasteiger partial charge in [-0.05, 0) is 67.8 Å². The van der Waals surface area contributed by atoms with Crippen molar-refractivity contribution < 1.29 is 21.5 Å². The van der Waals surface area contributed by atoms with Crippen molar-refractivity contribution in [3.05, 3.63) is 70.0 Å². The molecule has 3 aromatic rings. The van der Waals surface area contributed by atoms with Crippen molar-refractivity contribution in [2.75, 3.05) is 0 Å². The fourth-order valence-electron chi connectivity index (χ4n) is 3.45. The number of benzene rings is 2. The molecule has 0 N–H and O–H groups in total. The Morgan fingerprint density at radius 3 is 2.36 bits per heavy atom. The van der Waals surface area contributed by atoms with E-state index in [0.717, 1.165) is 22.5 Å². The molecule has 5 heteroatoms. The maximum absolute atomic E-state index is 6.07. The van der Waals surface area contributed by atoms with Gasteiger partial charge in [0.2, 0.25) is 0 Å². The van der Waals surface area contributed by atoms with Crippen LogP contribution < -0.4 is 21.5 Å². The average molecular weight is 483 g/mol. The molecule has 130 valence electrons. The molecule has 0 aliphatic carbocycles. The van der Waals surface area contributed by atoms with Crippen LogP contribution in [0.4, 0.5) is 0 Å². The van der Waals surface area contributed by atoms with Crippen LogP contribution in [0, 0.1) is 0 Å². The summed E-state index contributed by atoms with van der Waals surface area (Å²) in [5.41, 5.74) is 3.72. The first-order chi connectivity index (χ1) is 11.7. The minimum absolute atomic E-state index is 0. The third-order valence-electron chi connectivity index (χ3n) is 4.66. The molecule has 25 heavy (non-hydrogen) atoms. The number of halogens is 3. The first-order valence-electron chi connectivity index (χ1n) is 8.38. The summed E-state index contributed by atoms with van der Waals surface area (Å²) < 4.78 is 5.93. The van der Waals surface area contributed by atoms with Crippen LogP contribution >= 0.6 is 27.5 Å². The SMILES string of the molecule is Clc1ccc(-n2cc(-c3ccc(Br)cc3)[n+]3c2CCCCC3)cc1.[Br-]. The number of hydrogen-bond acceptors (Lipinski definition) is 0. The van der Waals surface area contributed by atoms with E-state index in [-0.39, 0.29) is 17.0 Å². The molecule has 1 aromatic heterocycles. The number of imidazole rings is 1. The standard InChI is InChI=1S/C20H19BrClN2.BrH/c21-16-7-5-15(6-8-16)19-14-24(18-11-9-17(22)10-12-18)20-4-2-1-3-13-23(19)20;/h5-12,14H,1-4,13H2;1H/q+1;/p-1. The minimum atomic E-state index is 0. The van der Waals surface area contributed by atoms with E-state index in [1.807, 2.05) is 12.1 Å². The van der Waals surface area contributed by atoms with Gasteiger partial charge in [0.1, 0.15) is 11.9 Å². The normalized spacial score (nSPS) is 13.7. The van der Waals surface area contributed by atoms with Crippen LogP contribution in [-0.4, -0.2) is 4.57 Å². The van der Waals surface area contributed by atoms with Crippen LogP contribution in [0.5, 0.6) is 0 Å². The molecular formula is C20H19Br2ClN2. The quantitative estimate of drug-likeness (QED) is 0.497. The summed E-state index contributed by atoms with van der Waals surface area (Å²) in [6.45, 7) is 1.08. The van der Waals surface area contributed by atoms with Crippen LogP contribution in [0.1, 0.15) is 25.1 Å². The predicted molar refractivity (Wildman–Crippen MR) is 102 cm³/mol. The number of rotatable bonds is 2. The Bertz CT molecular complexity index is 785. The van der Waals surface area contributed by atoms with Gasteiger partial charge in [-0.15, -0.1) is 0 Å². The van der Waals surface area contributed by atoms with E-state index in [1.54, 1.807) is 0 Å². The molecule has 4 rings (SSSR count). The van der Waals surface area contributed by atoms with Gasteiger partial charge in [0.05, 0.1) is 6.54 Å². The van der Waals surface area contributed by atoms with Gasteiger partial charge < -0.3 is 17.0 Å². The van der Waals surface area contributed by atoms with Gasteiger partial charge >= 0.3 is 0 Å². The van der Waals surface area contributed by atoms with Crippen molar-refractivity contribution in [3.8, 4) is 16.9 Å². The van der Waals surface area contributed by atoms with Gasteiger partial charge in [-0.1, -0.05) is 27.5 Å². The van der Waals surface area contributed by atoms with Gasteiger partial charge in [0.15, 0.2) is 5.69 Å². The largest absolute Gasteiger partial charge is 1.00 e. The van der Waals surface area contributed by atoms with Gasteiger partial charge in [0, 0.05) is 21.5 Å². The van der Waals surface area contributed by atoms with Crippen LogP contribution in [0.25, 0.3) is 16.9 Å². The molecule has 1 aliphatic heterocycles. The molecule has 0 saturated heterocycles. The molecule has 0 atom stereocenters. The van der Waals surface area contributed by atoms with Crippen molar-refractivity contribution in [2.24, 2.45) is 0 Å². The van der Waals surface area contributed by atoms with E-state index >= 15 is 0 Å².